The van der Waals surface area contributed by atoms with Crippen LogP contribution in [0.3, 0.4) is 0 Å². The highest BCUT2D eigenvalue weighted by atomic mass is 35.5. The van der Waals surface area contributed by atoms with Crippen LogP contribution in [0, 0.1) is 0 Å². The zero-order valence-corrected chi connectivity index (χ0v) is 14.7. The molecule has 0 saturated heterocycles. The molecule has 0 bridgehead atoms. The number of pyridine rings is 1. The van der Waals surface area contributed by atoms with E-state index >= 15 is 0 Å². The van der Waals surface area contributed by atoms with E-state index in [1.54, 1.807) is 54.6 Å². The van der Waals surface area contributed by atoms with Crippen molar-refractivity contribution in [2.75, 3.05) is 0 Å². The van der Waals surface area contributed by atoms with Crippen molar-refractivity contribution in [2.45, 2.75) is 0 Å². The van der Waals surface area contributed by atoms with Gasteiger partial charge in [-0.15, -0.1) is 0 Å². The van der Waals surface area contributed by atoms with Gasteiger partial charge < -0.3 is 5.11 Å². The number of rotatable bonds is 3. The minimum atomic E-state index is -1.05. The van der Waals surface area contributed by atoms with E-state index in [-0.39, 0.29) is 5.56 Å². The highest BCUT2D eigenvalue weighted by molar-refractivity contribution is 6.31. The van der Waals surface area contributed by atoms with Gasteiger partial charge in [0.25, 0.3) is 0 Å². The van der Waals surface area contributed by atoms with Crippen molar-refractivity contribution < 1.29 is 9.90 Å². The largest absolute Gasteiger partial charge is 0.478 e. The summed E-state index contributed by atoms with van der Waals surface area (Å²) in [4.78, 5) is 16.4. The number of carboxylic acid groups (broad SMARTS) is 1. The normalized spacial score (nSPS) is 11.0. The van der Waals surface area contributed by atoms with Gasteiger partial charge in [0.15, 0.2) is 5.65 Å². The third kappa shape index (κ3) is 2.92. The Balaban J connectivity index is 1.94. The second-order valence-corrected chi connectivity index (χ2v) is 6.54. The zero-order chi connectivity index (χ0) is 18.3. The summed E-state index contributed by atoms with van der Waals surface area (Å²) in [5.41, 5.74) is 3.10. The Bertz CT molecular complexity index is 1120. The third-order valence-corrected chi connectivity index (χ3v) is 4.53. The average Bonchev–Trinajstić information content (AvgIpc) is 3.06. The quantitative estimate of drug-likeness (QED) is 0.503. The van der Waals surface area contributed by atoms with Crippen LogP contribution in [0.2, 0.25) is 10.0 Å². The van der Waals surface area contributed by atoms with E-state index in [2.05, 4.69) is 15.2 Å². The molecule has 4 rings (SSSR count). The minimum Gasteiger partial charge on any atom is -0.478 e. The van der Waals surface area contributed by atoms with E-state index in [9.17, 15) is 9.90 Å². The van der Waals surface area contributed by atoms with Crippen molar-refractivity contribution >= 4 is 40.2 Å². The molecule has 0 saturated carbocycles. The molecule has 26 heavy (non-hydrogen) atoms. The molecule has 0 aliphatic heterocycles. The van der Waals surface area contributed by atoms with E-state index in [4.69, 9.17) is 23.2 Å². The number of nitrogens with one attached hydrogen (secondary N) is 1. The number of nitrogens with zero attached hydrogens (tertiary/aromatic N) is 2. The van der Waals surface area contributed by atoms with Crippen LogP contribution in [-0.4, -0.2) is 26.3 Å². The Morgan fingerprint density at radius 1 is 0.923 bits per heavy atom. The molecule has 2 aromatic carbocycles. The van der Waals surface area contributed by atoms with E-state index in [1.165, 1.54) is 0 Å². The van der Waals surface area contributed by atoms with Gasteiger partial charge in [0.1, 0.15) is 0 Å². The maximum absolute atomic E-state index is 11.9. The molecule has 2 N–H and O–H groups in total. The minimum absolute atomic E-state index is 0.124. The van der Waals surface area contributed by atoms with Gasteiger partial charge >= 0.3 is 5.97 Å². The van der Waals surface area contributed by atoms with Crippen molar-refractivity contribution in [3.63, 3.8) is 0 Å². The lowest BCUT2D eigenvalue weighted by molar-refractivity contribution is 0.0699. The molecule has 7 heteroatoms. The molecule has 0 atom stereocenters. The topological polar surface area (TPSA) is 78.9 Å². The van der Waals surface area contributed by atoms with Gasteiger partial charge in [-0.3, -0.25) is 5.10 Å². The van der Waals surface area contributed by atoms with Crippen LogP contribution in [0.4, 0.5) is 0 Å². The Kier molecular flexibility index (Phi) is 4.11. The fourth-order valence-electron chi connectivity index (χ4n) is 2.79. The summed E-state index contributed by atoms with van der Waals surface area (Å²) in [5, 5.41) is 18.5. The van der Waals surface area contributed by atoms with Gasteiger partial charge in [-0.2, -0.15) is 5.10 Å². The van der Waals surface area contributed by atoms with E-state index in [0.717, 1.165) is 11.1 Å². The standard InChI is InChI=1S/C19H11Cl2N3O2/c20-12-5-1-10(2-6-12)15-9-14(19(25)26)16-17(23-24-18(16)22-15)11-3-7-13(21)8-4-11/h1-9H,(H,25,26)(H,22,23,24). The van der Waals surface area contributed by atoms with Crippen molar-refractivity contribution in [1.82, 2.24) is 15.2 Å². The first-order chi connectivity index (χ1) is 12.5. The molecule has 0 aliphatic carbocycles. The summed E-state index contributed by atoms with van der Waals surface area (Å²) in [6.45, 7) is 0. The van der Waals surface area contributed by atoms with Crippen LogP contribution in [0.5, 0.6) is 0 Å². The molecule has 2 aromatic heterocycles. The predicted molar refractivity (Wildman–Crippen MR) is 102 cm³/mol. The maximum atomic E-state index is 11.9. The summed E-state index contributed by atoms with van der Waals surface area (Å²) in [7, 11) is 0. The number of hydrogen-bond acceptors (Lipinski definition) is 3. The molecule has 0 radical (unpaired) electrons. The van der Waals surface area contributed by atoms with Crippen molar-refractivity contribution in [3.05, 3.63) is 70.2 Å². The molecule has 0 aliphatic rings. The smallest absolute Gasteiger partial charge is 0.336 e. The summed E-state index contributed by atoms with van der Waals surface area (Å²) in [6.07, 6.45) is 0. The summed E-state index contributed by atoms with van der Waals surface area (Å²) >= 11 is 11.8. The molecule has 0 unspecified atom stereocenters. The van der Waals surface area contributed by atoms with Crippen LogP contribution >= 0.6 is 23.2 Å². The summed E-state index contributed by atoms with van der Waals surface area (Å²) in [5.74, 6) is -1.05. The molecular weight excluding hydrogens is 373 g/mol. The molecule has 4 aromatic rings. The highest BCUT2D eigenvalue weighted by Crippen LogP contribution is 2.32. The Morgan fingerprint density at radius 3 is 2.08 bits per heavy atom. The average molecular weight is 384 g/mol. The second kappa shape index (κ2) is 6.44. The fraction of sp³-hybridized carbons (Fsp3) is 0. The van der Waals surface area contributed by atoms with Crippen molar-refractivity contribution in [3.8, 4) is 22.5 Å². The second-order valence-electron chi connectivity index (χ2n) is 5.67. The number of aromatic nitrogens is 3. The van der Waals surface area contributed by atoms with Crippen molar-refractivity contribution in [1.29, 1.82) is 0 Å². The number of benzene rings is 2. The van der Waals surface area contributed by atoms with Crippen LogP contribution in [0.25, 0.3) is 33.5 Å². The van der Waals surface area contributed by atoms with E-state index in [1.807, 2.05) is 0 Å². The van der Waals surface area contributed by atoms with Crippen LogP contribution in [-0.2, 0) is 0 Å². The van der Waals surface area contributed by atoms with E-state index < -0.39 is 5.97 Å². The molecule has 128 valence electrons. The number of halogens is 2. The van der Waals surface area contributed by atoms with Gasteiger partial charge in [-0.05, 0) is 30.3 Å². The zero-order valence-electron chi connectivity index (χ0n) is 13.2. The lowest BCUT2D eigenvalue weighted by atomic mass is 10.0. The number of carbonyl (C=O) groups is 1. The number of hydrogen-bond donors (Lipinski definition) is 2. The molecule has 2 heterocycles. The SMILES string of the molecule is O=C(O)c1cc(-c2ccc(Cl)cc2)nc2n[nH]c(-c3ccc(Cl)cc3)c12. The van der Waals surface area contributed by atoms with Gasteiger partial charge in [0, 0.05) is 21.2 Å². The number of carboxylic acids is 1. The number of aromatic carboxylic acids is 1. The van der Waals surface area contributed by atoms with Crippen LogP contribution < -0.4 is 0 Å². The van der Waals surface area contributed by atoms with E-state index in [0.29, 0.717) is 32.5 Å². The molecule has 5 nitrogen and oxygen atoms in total. The third-order valence-electron chi connectivity index (χ3n) is 4.03. The van der Waals surface area contributed by atoms with Gasteiger partial charge in [-0.1, -0.05) is 47.5 Å². The Hall–Kier alpha value is -2.89. The Morgan fingerprint density at radius 2 is 1.50 bits per heavy atom. The van der Waals surface area contributed by atoms with Gasteiger partial charge in [-0.25, -0.2) is 9.78 Å². The first kappa shape index (κ1) is 16.6. The lowest BCUT2D eigenvalue weighted by Crippen LogP contribution is -2.00. The van der Waals surface area contributed by atoms with Crippen LogP contribution in [0.1, 0.15) is 10.4 Å². The fourth-order valence-corrected chi connectivity index (χ4v) is 3.04. The van der Waals surface area contributed by atoms with Crippen LogP contribution in [0.15, 0.2) is 54.6 Å². The molecule has 0 fully saturated rings. The van der Waals surface area contributed by atoms with Gasteiger partial charge in [0.2, 0.25) is 0 Å². The molecule has 0 spiro atoms. The number of H-pyrrole nitrogens is 1. The molecule has 0 amide bonds. The number of aromatic amines is 1. The first-order valence-electron chi connectivity index (χ1n) is 7.67. The van der Waals surface area contributed by atoms with Gasteiger partial charge in [0.05, 0.1) is 22.3 Å². The number of fused-ring (bicyclic) bond motifs is 1. The molecular formula is C19H11Cl2N3O2. The first-order valence-corrected chi connectivity index (χ1v) is 8.43. The Labute approximate surface area is 158 Å². The lowest BCUT2D eigenvalue weighted by Gasteiger charge is -2.06. The summed E-state index contributed by atoms with van der Waals surface area (Å²) in [6, 6.07) is 15.6. The monoisotopic (exact) mass is 383 g/mol. The highest BCUT2D eigenvalue weighted by Gasteiger charge is 2.19. The van der Waals surface area contributed by atoms with Crippen molar-refractivity contribution in [2.24, 2.45) is 0 Å². The predicted octanol–water partition coefficient (Wildman–Crippen LogP) is 5.30. The maximum Gasteiger partial charge on any atom is 0.336 e. The summed E-state index contributed by atoms with van der Waals surface area (Å²) < 4.78 is 0.